The summed E-state index contributed by atoms with van der Waals surface area (Å²) >= 11 is 0. The van der Waals surface area contributed by atoms with Gasteiger partial charge < -0.3 is 0 Å². The molecule has 3 nitrogen and oxygen atoms in total. The summed E-state index contributed by atoms with van der Waals surface area (Å²) in [6.07, 6.45) is -3.79. The lowest BCUT2D eigenvalue weighted by atomic mass is 10.1. The summed E-state index contributed by atoms with van der Waals surface area (Å²) in [7, 11) is 2.86. The van der Waals surface area contributed by atoms with Crippen LogP contribution < -0.4 is 0 Å². The van der Waals surface area contributed by atoms with Gasteiger partial charge in [-0.3, -0.25) is 9.63 Å². The second kappa shape index (κ2) is 4.85. The van der Waals surface area contributed by atoms with E-state index in [1.807, 2.05) is 0 Å². The quantitative estimate of drug-likeness (QED) is 0.792. The van der Waals surface area contributed by atoms with E-state index in [9.17, 15) is 18.0 Å². The van der Waals surface area contributed by atoms with Gasteiger partial charge in [0.05, 0.1) is 12.7 Å². The molecule has 2 atom stereocenters. The zero-order valence-electron chi connectivity index (χ0n) is 10.6. The summed E-state index contributed by atoms with van der Waals surface area (Å²) in [4.78, 5) is 16.6. The second-order valence-electron chi connectivity index (χ2n) is 4.59. The number of hydroxylamine groups is 2. The molecule has 1 saturated carbocycles. The number of amides is 1. The maximum Gasteiger partial charge on any atom is 0.416 e. The van der Waals surface area contributed by atoms with Crippen LogP contribution in [0.15, 0.2) is 24.3 Å². The fraction of sp³-hybridized carbons (Fsp3) is 0.462. The summed E-state index contributed by atoms with van der Waals surface area (Å²) in [6, 6.07) is 5.15. The Morgan fingerprint density at radius 3 is 2.68 bits per heavy atom. The normalized spacial score (nSPS) is 22.2. The molecule has 1 fully saturated rings. The third kappa shape index (κ3) is 2.89. The summed E-state index contributed by atoms with van der Waals surface area (Å²) < 4.78 is 37.8. The Kier molecular flexibility index (Phi) is 3.54. The standard InChI is InChI=1S/C13H14F3NO2/c1-17(19-2)12(18)11-7-10(11)8-4-3-5-9(6-8)13(14,15)16/h3-6,10-11H,7H2,1-2H3/t10-,11+/m1/s1. The Balaban J connectivity index is 2.12. The highest BCUT2D eigenvalue weighted by Crippen LogP contribution is 2.49. The summed E-state index contributed by atoms with van der Waals surface area (Å²) in [5.41, 5.74) is -0.124. The maximum absolute atomic E-state index is 12.6. The van der Waals surface area contributed by atoms with Crippen molar-refractivity contribution in [3.8, 4) is 0 Å². The van der Waals surface area contributed by atoms with E-state index in [2.05, 4.69) is 0 Å². The number of carbonyl (C=O) groups excluding carboxylic acids is 1. The predicted octanol–water partition coefficient (Wildman–Crippen LogP) is 2.83. The van der Waals surface area contributed by atoms with Gasteiger partial charge in [-0.1, -0.05) is 18.2 Å². The van der Waals surface area contributed by atoms with Crippen LogP contribution in [0.3, 0.4) is 0 Å². The Morgan fingerprint density at radius 1 is 1.42 bits per heavy atom. The highest BCUT2D eigenvalue weighted by molar-refractivity contribution is 5.81. The lowest BCUT2D eigenvalue weighted by Crippen LogP contribution is -2.27. The first-order valence-corrected chi connectivity index (χ1v) is 5.83. The van der Waals surface area contributed by atoms with Crippen molar-refractivity contribution in [1.82, 2.24) is 5.06 Å². The molecular weight excluding hydrogens is 259 g/mol. The SMILES string of the molecule is CON(C)C(=O)[C@H]1C[C@@H]1c1cccc(C(F)(F)F)c1. The van der Waals surface area contributed by atoms with E-state index in [0.717, 1.165) is 17.2 Å². The van der Waals surface area contributed by atoms with Gasteiger partial charge in [0.25, 0.3) is 0 Å². The second-order valence-corrected chi connectivity index (χ2v) is 4.59. The van der Waals surface area contributed by atoms with Crippen LogP contribution in [0.1, 0.15) is 23.5 Å². The molecule has 104 valence electrons. The molecule has 1 aromatic carbocycles. The summed E-state index contributed by atoms with van der Waals surface area (Å²) in [5.74, 6) is -0.634. The Hall–Kier alpha value is -1.56. The highest BCUT2D eigenvalue weighted by Gasteiger charge is 2.46. The Labute approximate surface area is 108 Å². The fourth-order valence-electron chi connectivity index (χ4n) is 2.11. The van der Waals surface area contributed by atoms with Gasteiger partial charge in [-0.25, -0.2) is 5.06 Å². The van der Waals surface area contributed by atoms with Crippen molar-refractivity contribution in [1.29, 1.82) is 0 Å². The molecule has 0 aliphatic heterocycles. The van der Waals surface area contributed by atoms with Crippen LogP contribution in [0.25, 0.3) is 0 Å². The molecule has 0 heterocycles. The van der Waals surface area contributed by atoms with Gasteiger partial charge in [-0.2, -0.15) is 13.2 Å². The molecule has 1 aromatic rings. The van der Waals surface area contributed by atoms with Crippen molar-refractivity contribution in [2.45, 2.75) is 18.5 Å². The van der Waals surface area contributed by atoms with Crippen molar-refractivity contribution in [2.75, 3.05) is 14.2 Å². The van der Waals surface area contributed by atoms with Gasteiger partial charge in [-0.05, 0) is 24.0 Å². The van der Waals surface area contributed by atoms with Crippen LogP contribution in [0, 0.1) is 5.92 Å². The number of alkyl halides is 3. The number of rotatable bonds is 3. The number of halogens is 3. The van der Waals surface area contributed by atoms with Gasteiger partial charge in [0.2, 0.25) is 5.91 Å². The maximum atomic E-state index is 12.6. The Morgan fingerprint density at radius 2 is 2.11 bits per heavy atom. The first kappa shape index (κ1) is 13.9. The van der Waals surface area contributed by atoms with Crippen LogP contribution in [0.4, 0.5) is 13.2 Å². The van der Waals surface area contributed by atoms with E-state index in [-0.39, 0.29) is 17.7 Å². The molecular formula is C13H14F3NO2. The van der Waals surface area contributed by atoms with Crippen molar-refractivity contribution >= 4 is 5.91 Å². The number of nitrogens with zero attached hydrogens (tertiary/aromatic N) is 1. The molecule has 0 aromatic heterocycles. The summed E-state index contributed by atoms with van der Waals surface area (Å²) in [6.45, 7) is 0. The lowest BCUT2D eigenvalue weighted by Gasteiger charge is -2.13. The van der Waals surface area contributed by atoms with E-state index in [4.69, 9.17) is 4.84 Å². The first-order valence-electron chi connectivity index (χ1n) is 5.83. The van der Waals surface area contributed by atoms with E-state index in [1.165, 1.54) is 20.2 Å². The topological polar surface area (TPSA) is 29.5 Å². The molecule has 6 heteroatoms. The van der Waals surface area contributed by atoms with E-state index in [0.29, 0.717) is 12.0 Å². The van der Waals surface area contributed by atoms with Crippen LogP contribution in [-0.2, 0) is 15.8 Å². The number of hydrogen-bond acceptors (Lipinski definition) is 2. The molecule has 1 amide bonds. The fourth-order valence-corrected chi connectivity index (χ4v) is 2.11. The average molecular weight is 273 g/mol. The van der Waals surface area contributed by atoms with Crippen LogP contribution in [-0.4, -0.2) is 25.1 Å². The van der Waals surface area contributed by atoms with Crippen LogP contribution in [0.2, 0.25) is 0 Å². The molecule has 19 heavy (non-hydrogen) atoms. The molecule has 0 N–H and O–H groups in total. The predicted molar refractivity (Wildman–Crippen MR) is 62.1 cm³/mol. The monoisotopic (exact) mass is 273 g/mol. The van der Waals surface area contributed by atoms with Gasteiger partial charge in [0.15, 0.2) is 0 Å². The molecule has 0 unspecified atom stereocenters. The van der Waals surface area contributed by atoms with E-state index in [1.54, 1.807) is 6.07 Å². The van der Waals surface area contributed by atoms with Gasteiger partial charge in [0.1, 0.15) is 0 Å². The smallest absolute Gasteiger partial charge is 0.275 e. The first-order chi connectivity index (χ1) is 8.84. The number of carbonyl (C=O) groups is 1. The molecule has 1 aliphatic carbocycles. The van der Waals surface area contributed by atoms with Gasteiger partial charge in [-0.15, -0.1) is 0 Å². The van der Waals surface area contributed by atoms with Crippen molar-refractivity contribution in [3.05, 3.63) is 35.4 Å². The Bertz CT molecular complexity index is 487. The van der Waals surface area contributed by atoms with Crippen molar-refractivity contribution < 1.29 is 22.8 Å². The van der Waals surface area contributed by atoms with Crippen molar-refractivity contribution in [2.24, 2.45) is 5.92 Å². The molecule has 0 saturated heterocycles. The number of benzene rings is 1. The molecule has 0 bridgehead atoms. The van der Waals surface area contributed by atoms with E-state index >= 15 is 0 Å². The number of hydrogen-bond donors (Lipinski definition) is 0. The zero-order valence-corrected chi connectivity index (χ0v) is 10.6. The van der Waals surface area contributed by atoms with Crippen molar-refractivity contribution in [3.63, 3.8) is 0 Å². The molecule has 1 aliphatic rings. The average Bonchev–Trinajstić information content (AvgIpc) is 3.16. The molecule has 0 radical (unpaired) electrons. The van der Waals surface area contributed by atoms with Crippen LogP contribution in [0.5, 0.6) is 0 Å². The van der Waals surface area contributed by atoms with E-state index < -0.39 is 11.7 Å². The minimum atomic E-state index is -4.35. The van der Waals surface area contributed by atoms with Gasteiger partial charge in [0, 0.05) is 13.0 Å². The lowest BCUT2D eigenvalue weighted by molar-refractivity contribution is -0.170. The minimum absolute atomic E-state index is 0.146. The largest absolute Gasteiger partial charge is 0.416 e. The summed E-state index contributed by atoms with van der Waals surface area (Å²) in [5, 5.41) is 1.11. The third-order valence-corrected chi connectivity index (χ3v) is 3.33. The zero-order chi connectivity index (χ0) is 14.2. The minimum Gasteiger partial charge on any atom is -0.275 e. The van der Waals surface area contributed by atoms with Gasteiger partial charge >= 0.3 is 6.18 Å². The molecule has 2 rings (SSSR count). The van der Waals surface area contributed by atoms with Crippen LogP contribution >= 0.6 is 0 Å². The molecule has 0 spiro atoms. The third-order valence-electron chi connectivity index (χ3n) is 3.33. The highest BCUT2D eigenvalue weighted by atomic mass is 19.4.